The van der Waals surface area contributed by atoms with E-state index in [1.807, 2.05) is 27.7 Å². The zero-order chi connectivity index (χ0) is 12.6. The highest BCUT2D eigenvalue weighted by Crippen LogP contribution is 2.32. The van der Waals surface area contributed by atoms with Crippen LogP contribution in [-0.4, -0.2) is 32.3 Å². The quantitative estimate of drug-likeness (QED) is 0.509. The van der Waals surface area contributed by atoms with Gasteiger partial charge in [0.2, 0.25) is 0 Å². The van der Waals surface area contributed by atoms with Crippen molar-refractivity contribution in [1.82, 2.24) is 0 Å². The molecule has 0 aliphatic heterocycles. The van der Waals surface area contributed by atoms with Crippen LogP contribution < -0.4 is 5.73 Å². The van der Waals surface area contributed by atoms with Crippen LogP contribution in [0.25, 0.3) is 0 Å². The Hall–Kier alpha value is -0.610. The summed E-state index contributed by atoms with van der Waals surface area (Å²) in [5, 5.41) is 0. The molecule has 0 saturated carbocycles. The van der Waals surface area contributed by atoms with E-state index in [4.69, 9.17) is 15.2 Å². The number of hydrogen-bond donors (Lipinski definition) is 1. The molecule has 0 fully saturated rings. The second-order valence-electron chi connectivity index (χ2n) is 4.18. The normalized spacial score (nSPS) is 14.9. The molecular formula is C12H25NO3. The van der Waals surface area contributed by atoms with Crippen LogP contribution in [0.3, 0.4) is 0 Å². The summed E-state index contributed by atoms with van der Waals surface area (Å²) in [4.78, 5) is 12.0. The molecular weight excluding hydrogens is 206 g/mol. The minimum absolute atomic E-state index is 0.150. The number of esters is 1. The maximum atomic E-state index is 12.0. The monoisotopic (exact) mass is 231 g/mol. The van der Waals surface area contributed by atoms with Crippen molar-refractivity contribution in [1.29, 1.82) is 0 Å². The fourth-order valence-corrected chi connectivity index (χ4v) is 1.72. The smallest absolute Gasteiger partial charge is 0.313 e. The minimum atomic E-state index is -0.606. The molecule has 0 aliphatic carbocycles. The molecule has 0 aliphatic rings. The highest BCUT2D eigenvalue weighted by atomic mass is 16.5. The summed E-state index contributed by atoms with van der Waals surface area (Å²) >= 11 is 0. The van der Waals surface area contributed by atoms with Gasteiger partial charge in [0.15, 0.2) is 0 Å². The summed E-state index contributed by atoms with van der Waals surface area (Å²) < 4.78 is 10.4. The molecule has 0 spiro atoms. The Balaban J connectivity index is 4.64. The van der Waals surface area contributed by atoms with Crippen molar-refractivity contribution in [2.24, 2.45) is 17.1 Å². The predicted molar refractivity (Wildman–Crippen MR) is 64.1 cm³/mol. The van der Waals surface area contributed by atoms with Crippen molar-refractivity contribution in [3.8, 4) is 0 Å². The van der Waals surface area contributed by atoms with Crippen LogP contribution in [0.5, 0.6) is 0 Å². The van der Waals surface area contributed by atoms with Gasteiger partial charge in [0.25, 0.3) is 0 Å². The molecule has 0 saturated heterocycles. The molecule has 0 heterocycles. The lowest BCUT2D eigenvalue weighted by Gasteiger charge is -2.33. The van der Waals surface area contributed by atoms with E-state index in [0.29, 0.717) is 32.8 Å². The third-order valence-corrected chi connectivity index (χ3v) is 3.05. The standard InChI is InChI=1S/C12H25NO3/c1-5-15-8-7-12(9-13,10(3)4)11(14)16-6-2/h10H,5-9,13H2,1-4H3. The number of rotatable bonds is 8. The zero-order valence-electron chi connectivity index (χ0n) is 10.9. The van der Waals surface area contributed by atoms with Crippen molar-refractivity contribution in [2.75, 3.05) is 26.4 Å². The molecule has 0 aromatic rings. The molecule has 2 N–H and O–H groups in total. The maximum absolute atomic E-state index is 12.0. The van der Waals surface area contributed by atoms with Crippen LogP contribution in [0.2, 0.25) is 0 Å². The molecule has 0 aromatic heterocycles. The van der Waals surface area contributed by atoms with Gasteiger partial charge in [-0.15, -0.1) is 0 Å². The predicted octanol–water partition coefficient (Wildman–Crippen LogP) is 1.58. The first-order chi connectivity index (χ1) is 7.55. The van der Waals surface area contributed by atoms with E-state index in [0.717, 1.165) is 0 Å². The van der Waals surface area contributed by atoms with Crippen molar-refractivity contribution < 1.29 is 14.3 Å². The van der Waals surface area contributed by atoms with Gasteiger partial charge in [0.1, 0.15) is 0 Å². The van der Waals surface area contributed by atoms with E-state index in [-0.39, 0.29) is 11.9 Å². The average Bonchev–Trinajstić information content (AvgIpc) is 2.24. The third-order valence-electron chi connectivity index (χ3n) is 3.05. The molecule has 4 heteroatoms. The Morgan fingerprint density at radius 2 is 1.94 bits per heavy atom. The number of carbonyl (C=O) groups is 1. The Morgan fingerprint density at radius 3 is 2.31 bits per heavy atom. The van der Waals surface area contributed by atoms with Crippen LogP contribution in [0, 0.1) is 11.3 Å². The number of nitrogens with two attached hydrogens (primary N) is 1. The number of ether oxygens (including phenoxy) is 2. The van der Waals surface area contributed by atoms with E-state index in [1.165, 1.54) is 0 Å². The van der Waals surface area contributed by atoms with Crippen molar-refractivity contribution in [3.63, 3.8) is 0 Å². The Kier molecular flexibility index (Phi) is 7.34. The SMILES string of the molecule is CCOCCC(CN)(C(=O)OCC)C(C)C. The largest absolute Gasteiger partial charge is 0.466 e. The van der Waals surface area contributed by atoms with Gasteiger partial charge in [0, 0.05) is 19.8 Å². The molecule has 0 rings (SSSR count). The summed E-state index contributed by atoms with van der Waals surface area (Å²) in [5.41, 5.74) is 5.16. The van der Waals surface area contributed by atoms with Crippen LogP contribution >= 0.6 is 0 Å². The summed E-state index contributed by atoms with van der Waals surface area (Å²) in [7, 11) is 0. The maximum Gasteiger partial charge on any atom is 0.313 e. The van der Waals surface area contributed by atoms with E-state index < -0.39 is 5.41 Å². The lowest BCUT2D eigenvalue weighted by atomic mass is 9.74. The van der Waals surface area contributed by atoms with E-state index >= 15 is 0 Å². The first-order valence-corrected chi connectivity index (χ1v) is 6.00. The second kappa shape index (κ2) is 7.63. The van der Waals surface area contributed by atoms with E-state index in [1.54, 1.807) is 0 Å². The van der Waals surface area contributed by atoms with Crippen molar-refractivity contribution in [2.45, 2.75) is 34.1 Å². The van der Waals surface area contributed by atoms with Gasteiger partial charge in [-0.25, -0.2) is 0 Å². The van der Waals surface area contributed by atoms with Gasteiger partial charge < -0.3 is 15.2 Å². The van der Waals surface area contributed by atoms with Gasteiger partial charge in [-0.1, -0.05) is 13.8 Å². The highest BCUT2D eigenvalue weighted by Gasteiger charge is 2.41. The molecule has 1 atom stereocenters. The first-order valence-electron chi connectivity index (χ1n) is 6.00. The van der Waals surface area contributed by atoms with Gasteiger partial charge in [-0.2, -0.15) is 0 Å². The van der Waals surface area contributed by atoms with Crippen LogP contribution in [0.4, 0.5) is 0 Å². The summed E-state index contributed by atoms with van der Waals surface area (Å²) in [6, 6.07) is 0. The highest BCUT2D eigenvalue weighted by molar-refractivity contribution is 5.77. The van der Waals surface area contributed by atoms with Gasteiger partial charge >= 0.3 is 5.97 Å². The molecule has 0 radical (unpaired) electrons. The van der Waals surface area contributed by atoms with Crippen molar-refractivity contribution in [3.05, 3.63) is 0 Å². The van der Waals surface area contributed by atoms with E-state index in [2.05, 4.69) is 0 Å². The van der Waals surface area contributed by atoms with Gasteiger partial charge in [0.05, 0.1) is 12.0 Å². The summed E-state index contributed by atoms with van der Waals surface area (Å²) in [6.07, 6.45) is 0.619. The molecule has 4 nitrogen and oxygen atoms in total. The Morgan fingerprint density at radius 1 is 1.31 bits per heavy atom. The lowest BCUT2D eigenvalue weighted by Crippen LogP contribution is -2.45. The molecule has 1 unspecified atom stereocenters. The molecule has 0 amide bonds. The lowest BCUT2D eigenvalue weighted by molar-refractivity contribution is -0.159. The van der Waals surface area contributed by atoms with Crippen LogP contribution in [0.1, 0.15) is 34.1 Å². The Bertz CT molecular complexity index is 206. The number of carbonyl (C=O) groups excluding carboxylic acids is 1. The first kappa shape index (κ1) is 15.4. The van der Waals surface area contributed by atoms with Gasteiger partial charge in [-0.05, 0) is 26.2 Å². The van der Waals surface area contributed by atoms with Crippen LogP contribution in [-0.2, 0) is 14.3 Å². The third kappa shape index (κ3) is 3.76. The molecule has 16 heavy (non-hydrogen) atoms. The molecule has 0 aromatic carbocycles. The Labute approximate surface area is 98.5 Å². The van der Waals surface area contributed by atoms with Gasteiger partial charge in [-0.3, -0.25) is 4.79 Å². The topological polar surface area (TPSA) is 61.5 Å². The summed E-state index contributed by atoms with van der Waals surface area (Å²) in [5.74, 6) is -0.0517. The van der Waals surface area contributed by atoms with Crippen LogP contribution in [0.15, 0.2) is 0 Å². The average molecular weight is 231 g/mol. The van der Waals surface area contributed by atoms with Crippen molar-refractivity contribution >= 4 is 5.97 Å². The fraction of sp³-hybridized carbons (Fsp3) is 0.917. The minimum Gasteiger partial charge on any atom is -0.466 e. The fourth-order valence-electron chi connectivity index (χ4n) is 1.72. The van der Waals surface area contributed by atoms with E-state index in [9.17, 15) is 4.79 Å². The number of hydrogen-bond acceptors (Lipinski definition) is 4. The summed E-state index contributed by atoms with van der Waals surface area (Å²) in [6.45, 7) is 9.63. The molecule has 96 valence electrons. The molecule has 0 bridgehead atoms. The second-order valence-corrected chi connectivity index (χ2v) is 4.18. The zero-order valence-corrected chi connectivity index (χ0v) is 10.9.